The number of methoxy groups -OCH3 is 1. The lowest BCUT2D eigenvalue weighted by atomic mass is 9.62. The molecule has 0 unspecified atom stereocenters. The zero-order valence-electron chi connectivity index (χ0n) is 17.7. The van der Waals surface area contributed by atoms with Gasteiger partial charge in [0.1, 0.15) is 0 Å². The van der Waals surface area contributed by atoms with E-state index in [-0.39, 0.29) is 5.41 Å². The van der Waals surface area contributed by atoms with Crippen LogP contribution >= 0.6 is 0 Å². The Kier molecular flexibility index (Phi) is 6.35. The standard InChI is InChI=1S/C21H36N4O3/c1-16(2)20-22-19(28-23-20)13-24-7-5-17-12-18(25-8-10-27-11-9-25)4-6-21(17,14-24)15-26-3/h16-18H,4-15H2,1-3H3/t17-,18-,21+/m1/s1. The number of likely N-dealkylation sites (tertiary alicyclic amines) is 1. The van der Waals surface area contributed by atoms with Gasteiger partial charge in [0.15, 0.2) is 5.82 Å². The smallest absolute Gasteiger partial charge is 0.240 e. The Balaban J connectivity index is 1.40. The van der Waals surface area contributed by atoms with Crippen LogP contribution in [-0.4, -0.2) is 79.1 Å². The quantitative estimate of drug-likeness (QED) is 0.737. The average molecular weight is 393 g/mol. The lowest BCUT2D eigenvalue weighted by molar-refractivity contribution is -0.0882. The van der Waals surface area contributed by atoms with Gasteiger partial charge in [-0.15, -0.1) is 0 Å². The van der Waals surface area contributed by atoms with Gasteiger partial charge in [0.2, 0.25) is 5.89 Å². The fourth-order valence-corrected chi connectivity index (χ4v) is 5.54. The maximum atomic E-state index is 5.74. The molecule has 3 heterocycles. The van der Waals surface area contributed by atoms with Gasteiger partial charge in [0.05, 0.1) is 26.4 Å². The summed E-state index contributed by atoms with van der Waals surface area (Å²) in [7, 11) is 1.85. The van der Waals surface area contributed by atoms with Crippen LogP contribution in [0.3, 0.4) is 0 Å². The van der Waals surface area contributed by atoms with Gasteiger partial charge in [-0.1, -0.05) is 19.0 Å². The predicted molar refractivity (Wildman–Crippen MR) is 106 cm³/mol. The van der Waals surface area contributed by atoms with Crippen molar-refractivity contribution in [2.75, 3.05) is 53.1 Å². The zero-order valence-corrected chi connectivity index (χ0v) is 17.7. The van der Waals surface area contributed by atoms with E-state index in [0.29, 0.717) is 5.92 Å². The van der Waals surface area contributed by atoms with Crippen LogP contribution in [0.25, 0.3) is 0 Å². The summed E-state index contributed by atoms with van der Waals surface area (Å²) >= 11 is 0. The highest BCUT2D eigenvalue weighted by Gasteiger charge is 2.48. The number of morpholine rings is 1. The average Bonchev–Trinajstić information content (AvgIpc) is 3.17. The minimum absolute atomic E-state index is 0.261. The van der Waals surface area contributed by atoms with Gasteiger partial charge >= 0.3 is 0 Å². The number of rotatable bonds is 6. The summed E-state index contributed by atoms with van der Waals surface area (Å²) in [5, 5.41) is 4.12. The topological polar surface area (TPSA) is 63.9 Å². The van der Waals surface area contributed by atoms with Gasteiger partial charge in [-0.05, 0) is 38.1 Å². The lowest BCUT2D eigenvalue weighted by Gasteiger charge is -2.54. The Labute approximate surface area is 168 Å². The van der Waals surface area contributed by atoms with Crippen LogP contribution in [0.4, 0.5) is 0 Å². The molecule has 28 heavy (non-hydrogen) atoms. The third kappa shape index (κ3) is 4.27. The molecule has 1 aromatic rings. The van der Waals surface area contributed by atoms with Crippen molar-refractivity contribution >= 4 is 0 Å². The number of ether oxygens (including phenoxy) is 2. The molecule has 1 aromatic heterocycles. The van der Waals surface area contributed by atoms with E-state index < -0.39 is 0 Å². The second-order valence-corrected chi connectivity index (χ2v) is 9.27. The zero-order chi connectivity index (χ0) is 19.6. The van der Waals surface area contributed by atoms with E-state index in [9.17, 15) is 0 Å². The molecule has 3 atom stereocenters. The summed E-state index contributed by atoms with van der Waals surface area (Å²) in [5.74, 6) is 2.59. The third-order valence-electron chi connectivity index (χ3n) is 7.08. The van der Waals surface area contributed by atoms with Crippen molar-refractivity contribution in [2.24, 2.45) is 11.3 Å². The summed E-state index contributed by atoms with van der Waals surface area (Å²) in [4.78, 5) is 9.75. The molecule has 1 saturated carbocycles. The number of nitrogens with zero attached hydrogens (tertiary/aromatic N) is 4. The molecule has 0 bridgehead atoms. The van der Waals surface area contributed by atoms with E-state index in [1.165, 1.54) is 25.7 Å². The summed E-state index contributed by atoms with van der Waals surface area (Å²) in [6.45, 7) is 11.9. The summed E-state index contributed by atoms with van der Waals surface area (Å²) in [5.41, 5.74) is 0.261. The predicted octanol–water partition coefficient (Wildman–Crippen LogP) is 2.53. The second-order valence-electron chi connectivity index (χ2n) is 9.27. The van der Waals surface area contributed by atoms with Gasteiger partial charge in [0, 0.05) is 44.1 Å². The van der Waals surface area contributed by atoms with E-state index in [2.05, 4.69) is 33.8 Å². The highest BCUT2D eigenvalue weighted by atomic mass is 16.5. The van der Waals surface area contributed by atoms with Crippen LogP contribution in [-0.2, 0) is 16.0 Å². The van der Waals surface area contributed by atoms with Crippen molar-refractivity contribution in [3.05, 3.63) is 11.7 Å². The van der Waals surface area contributed by atoms with E-state index in [0.717, 1.165) is 76.2 Å². The molecule has 2 aliphatic heterocycles. The van der Waals surface area contributed by atoms with Gasteiger partial charge in [-0.25, -0.2) is 0 Å². The molecular weight excluding hydrogens is 356 g/mol. The van der Waals surface area contributed by atoms with Crippen LogP contribution < -0.4 is 0 Å². The fraction of sp³-hybridized carbons (Fsp3) is 0.905. The van der Waals surface area contributed by atoms with Crippen molar-refractivity contribution in [1.29, 1.82) is 0 Å². The first-order chi connectivity index (χ1) is 13.6. The highest BCUT2D eigenvalue weighted by molar-refractivity contribution is 5.01. The molecular formula is C21H36N4O3. The van der Waals surface area contributed by atoms with Gasteiger partial charge < -0.3 is 14.0 Å². The number of hydrogen-bond acceptors (Lipinski definition) is 7. The fourth-order valence-electron chi connectivity index (χ4n) is 5.54. The van der Waals surface area contributed by atoms with Crippen molar-refractivity contribution < 1.29 is 14.0 Å². The molecule has 0 radical (unpaired) electrons. The Morgan fingerprint density at radius 3 is 2.75 bits per heavy atom. The minimum Gasteiger partial charge on any atom is -0.384 e. The van der Waals surface area contributed by atoms with Gasteiger partial charge in [-0.3, -0.25) is 9.80 Å². The first-order valence-electron chi connectivity index (χ1n) is 11.0. The van der Waals surface area contributed by atoms with Crippen LogP contribution in [0.5, 0.6) is 0 Å². The van der Waals surface area contributed by atoms with E-state index >= 15 is 0 Å². The van der Waals surface area contributed by atoms with Crippen LogP contribution in [0.2, 0.25) is 0 Å². The monoisotopic (exact) mass is 392 g/mol. The molecule has 0 N–H and O–H groups in total. The molecule has 2 saturated heterocycles. The highest BCUT2D eigenvalue weighted by Crippen LogP contribution is 2.48. The van der Waals surface area contributed by atoms with E-state index in [1.807, 2.05) is 7.11 Å². The second kappa shape index (κ2) is 8.78. The largest absolute Gasteiger partial charge is 0.384 e. The van der Waals surface area contributed by atoms with Gasteiger partial charge in [-0.2, -0.15) is 4.98 Å². The van der Waals surface area contributed by atoms with Crippen molar-refractivity contribution in [3.8, 4) is 0 Å². The Bertz CT molecular complexity index is 631. The molecule has 7 heteroatoms. The van der Waals surface area contributed by atoms with Crippen molar-refractivity contribution in [2.45, 2.75) is 58.0 Å². The molecule has 4 rings (SSSR count). The summed E-state index contributed by atoms with van der Waals surface area (Å²) < 4.78 is 16.8. The molecule has 3 fully saturated rings. The SMILES string of the molecule is COC[C@@]12CC[C@@H](N3CCOCC3)C[C@H]1CCN(Cc1nc(C(C)C)no1)C2. The van der Waals surface area contributed by atoms with Crippen LogP contribution in [0, 0.1) is 11.3 Å². The maximum Gasteiger partial charge on any atom is 0.240 e. The normalized spacial score (nSPS) is 32.6. The molecule has 158 valence electrons. The Hall–Kier alpha value is -1.02. The van der Waals surface area contributed by atoms with E-state index in [1.54, 1.807) is 0 Å². The molecule has 7 nitrogen and oxygen atoms in total. The Morgan fingerprint density at radius 2 is 2.04 bits per heavy atom. The summed E-state index contributed by atoms with van der Waals surface area (Å²) in [6, 6.07) is 0.718. The molecule has 0 spiro atoms. The van der Waals surface area contributed by atoms with Crippen LogP contribution in [0.15, 0.2) is 4.52 Å². The summed E-state index contributed by atoms with van der Waals surface area (Å²) in [6.07, 6.45) is 5.04. The van der Waals surface area contributed by atoms with Crippen molar-refractivity contribution in [3.63, 3.8) is 0 Å². The van der Waals surface area contributed by atoms with Crippen LogP contribution in [0.1, 0.15) is 57.2 Å². The minimum atomic E-state index is 0.261. The molecule has 0 amide bonds. The number of aromatic nitrogens is 2. The number of fused-ring (bicyclic) bond motifs is 1. The first-order valence-corrected chi connectivity index (χ1v) is 11.0. The van der Waals surface area contributed by atoms with E-state index in [4.69, 9.17) is 14.0 Å². The number of piperidine rings is 1. The lowest BCUT2D eigenvalue weighted by Crippen LogP contribution is -2.56. The number of hydrogen-bond donors (Lipinski definition) is 0. The van der Waals surface area contributed by atoms with Gasteiger partial charge in [0.25, 0.3) is 0 Å². The van der Waals surface area contributed by atoms with Crippen molar-refractivity contribution in [1.82, 2.24) is 19.9 Å². The Morgan fingerprint density at radius 1 is 1.21 bits per heavy atom. The maximum absolute atomic E-state index is 5.74. The molecule has 1 aliphatic carbocycles. The first kappa shape index (κ1) is 20.3. The molecule has 0 aromatic carbocycles. The third-order valence-corrected chi connectivity index (χ3v) is 7.08. The molecule has 3 aliphatic rings.